The first-order valence-electron chi connectivity index (χ1n) is 3.71. The van der Waals surface area contributed by atoms with Gasteiger partial charge in [-0.15, -0.1) is 0 Å². The van der Waals surface area contributed by atoms with Crippen molar-refractivity contribution < 1.29 is 8.78 Å². The second kappa shape index (κ2) is 4.55. The number of hydrogen-bond donors (Lipinski definition) is 0. The first kappa shape index (κ1) is 9.65. The SMILES string of the molecule is FC(F)CCc1ccc(Br)cc1. The predicted octanol–water partition coefficient (Wildman–Crippen LogP) is 3.65. The molecule has 1 aromatic rings. The molecule has 0 unspecified atom stereocenters. The third-order valence-corrected chi connectivity index (χ3v) is 2.09. The highest BCUT2D eigenvalue weighted by Gasteiger charge is 2.02. The molecule has 0 atom stereocenters. The summed E-state index contributed by atoms with van der Waals surface area (Å²) < 4.78 is 24.6. The van der Waals surface area contributed by atoms with Gasteiger partial charge in [0.2, 0.25) is 6.43 Å². The van der Waals surface area contributed by atoms with Crippen molar-refractivity contribution >= 4 is 15.9 Å². The van der Waals surface area contributed by atoms with Crippen LogP contribution >= 0.6 is 15.9 Å². The van der Waals surface area contributed by atoms with Gasteiger partial charge in [-0.05, 0) is 24.1 Å². The molecular formula is C9H9BrF2. The molecule has 0 heterocycles. The van der Waals surface area contributed by atoms with Crippen molar-refractivity contribution in [1.82, 2.24) is 0 Å². The van der Waals surface area contributed by atoms with Gasteiger partial charge in [0.05, 0.1) is 0 Å². The third kappa shape index (κ3) is 3.30. The Labute approximate surface area is 78.7 Å². The van der Waals surface area contributed by atoms with Crippen molar-refractivity contribution in [3.63, 3.8) is 0 Å². The second-order valence-electron chi connectivity index (χ2n) is 2.56. The topological polar surface area (TPSA) is 0 Å². The van der Waals surface area contributed by atoms with Crippen LogP contribution in [0.1, 0.15) is 12.0 Å². The molecule has 0 radical (unpaired) electrons. The maximum atomic E-state index is 11.8. The van der Waals surface area contributed by atoms with Crippen LogP contribution in [0.15, 0.2) is 28.7 Å². The van der Waals surface area contributed by atoms with Crippen LogP contribution in [0.25, 0.3) is 0 Å². The van der Waals surface area contributed by atoms with Crippen LogP contribution in [-0.4, -0.2) is 6.43 Å². The molecule has 0 fully saturated rings. The van der Waals surface area contributed by atoms with Crippen LogP contribution in [0, 0.1) is 0 Å². The Morgan fingerprint density at radius 3 is 2.25 bits per heavy atom. The molecule has 0 aliphatic heterocycles. The van der Waals surface area contributed by atoms with E-state index in [4.69, 9.17) is 0 Å². The predicted molar refractivity (Wildman–Crippen MR) is 48.5 cm³/mol. The minimum atomic E-state index is -2.20. The minimum Gasteiger partial charge on any atom is -0.211 e. The molecule has 0 aliphatic carbocycles. The highest BCUT2D eigenvalue weighted by Crippen LogP contribution is 2.13. The average Bonchev–Trinajstić information content (AvgIpc) is 2.03. The lowest BCUT2D eigenvalue weighted by molar-refractivity contribution is 0.138. The van der Waals surface area contributed by atoms with E-state index < -0.39 is 6.43 Å². The van der Waals surface area contributed by atoms with E-state index in [2.05, 4.69) is 15.9 Å². The molecule has 0 amide bonds. The van der Waals surface area contributed by atoms with Crippen molar-refractivity contribution in [2.75, 3.05) is 0 Å². The fourth-order valence-corrected chi connectivity index (χ4v) is 1.19. The maximum absolute atomic E-state index is 11.8. The smallest absolute Gasteiger partial charge is 0.211 e. The molecule has 1 aromatic carbocycles. The first-order valence-corrected chi connectivity index (χ1v) is 4.50. The summed E-state index contributed by atoms with van der Waals surface area (Å²) in [6.45, 7) is 0. The molecule has 0 bridgehead atoms. The van der Waals surface area contributed by atoms with Crippen LogP contribution in [0.2, 0.25) is 0 Å². The van der Waals surface area contributed by atoms with Gasteiger partial charge in [0.1, 0.15) is 0 Å². The van der Waals surface area contributed by atoms with Crippen LogP contribution in [0.3, 0.4) is 0 Å². The van der Waals surface area contributed by atoms with Gasteiger partial charge < -0.3 is 0 Å². The van der Waals surface area contributed by atoms with E-state index in [-0.39, 0.29) is 6.42 Å². The summed E-state index contributed by atoms with van der Waals surface area (Å²) >= 11 is 3.28. The summed E-state index contributed by atoms with van der Waals surface area (Å²) in [5, 5.41) is 0. The molecule has 0 saturated carbocycles. The molecule has 66 valence electrons. The van der Waals surface area contributed by atoms with Crippen molar-refractivity contribution in [3.05, 3.63) is 34.3 Å². The average molecular weight is 235 g/mol. The van der Waals surface area contributed by atoms with Crippen molar-refractivity contribution in [1.29, 1.82) is 0 Å². The van der Waals surface area contributed by atoms with Crippen LogP contribution in [-0.2, 0) is 6.42 Å². The number of alkyl halides is 2. The highest BCUT2D eigenvalue weighted by molar-refractivity contribution is 9.10. The number of benzene rings is 1. The fraction of sp³-hybridized carbons (Fsp3) is 0.333. The Balaban J connectivity index is 2.48. The molecule has 1 rings (SSSR count). The number of rotatable bonds is 3. The molecule has 0 N–H and O–H groups in total. The van der Waals surface area contributed by atoms with Gasteiger partial charge in [-0.2, -0.15) is 0 Å². The summed E-state index contributed by atoms with van der Waals surface area (Å²) in [5.74, 6) is 0. The summed E-state index contributed by atoms with van der Waals surface area (Å²) in [7, 11) is 0. The van der Waals surface area contributed by atoms with Crippen LogP contribution in [0.4, 0.5) is 8.78 Å². The normalized spacial score (nSPS) is 10.7. The number of hydrogen-bond acceptors (Lipinski definition) is 0. The van der Waals surface area contributed by atoms with Crippen molar-refractivity contribution in [2.24, 2.45) is 0 Å². The monoisotopic (exact) mass is 234 g/mol. The van der Waals surface area contributed by atoms with E-state index >= 15 is 0 Å². The second-order valence-corrected chi connectivity index (χ2v) is 3.47. The molecule has 0 spiro atoms. The molecule has 3 heteroatoms. The highest BCUT2D eigenvalue weighted by atomic mass is 79.9. The molecule has 0 aliphatic rings. The Kier molecular flexibility index (Phi) is 3.66. The van der Waals surface area contributed by atoms with Gasteiger partial charge >= 0.3 is 0 Å². The lowest BCUT2D eigenvalue weighted by Crippen LogP contribution is -1.93. The van der Waals surface area contributed by atoms with E-state index in [0.717, 1.165) is 10.0 Å². The third-order valence-electron chi connectivity index (χ3n) is 1.56. The summed E-state index contributed by atoms with van der Waals surface area (Å²) in [4.78, 5) is 0. The Hall–Kier alpha value is -0.440. The lowest BCUT2D eigenvalue weighted by Gasteiger charge is -2.00. The molecule has 0 saturated heterocycles. The zero-order valence-corrected chi connectivity index (χ0v) is 8.02. The summed E-state index contributed by atoms with van der Waals surface area (Å²) in [6.07, 6.45) is -1.80. The van der Waals surface area contributed by atoms with E-state index in [1.54, 1.807) is 0 Å². The van der Waals surface area contributed by atoms with Gasteiger partial charge in [-0.25, -0.2) is 8.78 Å². The zero-order valence-electron chi connectivity index (χ0n) is 6.43. The summed E-state index contributed by atoms with van der Waals surface area (Å²) in [5.41, 5.74) is 0.957. The van der Waals surface area contributed by atoms with Crippen LogP contribution < -0.4 is 0 Å². The van der Waals surface area contributed by atoms with E-state index in [9.17, 15) is 8.78 Å². The summed E-state index contributed by atoms with van der Waals surface area (Å²) in [6, 6.07) is 7.43. The minimum absolute atomic E-state index is 0.0539. The van der Waals surface area contributed by atoms with Crippen molar-refractivity contribution in [2.45, 2.75) is 19.3 Å². The molecular weight excluding hydrogens is 226 g/mol. The standard InChI is InChI=1S/C9H9BrF2/c10-8-4-1-7(2-5-8)3-6-9(11)12/h1-2,4-5,9H,3,6H2. The fourth-order valence-electron chi connectivity index (χ4n) is 0.927. The van der Waals surface area contributed by atoms with E-state index in [0.29, 0.717) is 6.42 Å². The number of halogens is 3. The van der Waals surface area contributed by atoms with E-state index in [1.807, 2.05) is 24.3 Å². The molecule has 0 nitrogen and oxygen atoms in total. The van der Waals surface area contributed by atoms with Gasteiger partial charge in [-0.3, -0.25) is 0 Å². The van der Waals surface area contributed by atoms with Gasteiger partial charge in [0.25, 0.3) is 0 Å². The van der Waals surface area contributed by atoms with Crippen molar-refractivity contribution in [3.8, 4) is 0 Å². The van der Waals surface area contributed by atoms with E-state index in [1.165, 1.54) is 0 Å². The Bertz CT molecular complexity index is 231. The van der Waals surface area contributed by atoms with Crippen LogP contribution in [0.5, 0.6) is 0 Å². The molecule has 0 aromatic heterocycles. The first-order chi connectivity index (χ1) is 5.68. The van der Waals surface area contributed by atoms with Gasteiger partial charge in [0, 0.05) is 10.9 Å². The van der Waals surface area contributed by atoms with Gasteiger partial charge in [0.15, 0.2) is 0 Å². The maximum Gasteiger partial charge on any atom is 0.239 e. The number of aryl methyl sites for hydroxylation is 1. The molecule has 12 heavy (non-hydrogen) atoms. The lowest BCUT2D eigenvalue weighted by atomic mass is 10.1. The largest absolute Gasteiger partial charge is 0.239 e. The Morgan fingerprint density at radius 1 is 1.17 bits per heavy atom. The zero-order chi connectivity index (χ0) is 8.97. The Morgan fingerprint density at radius 2 is 1.75 bits per heavy atom. The quantitative estimate of drug-likeness (QED) is 0.750. The van der Waals surface area contributed by atoms with Gasteiger partial charge in [-0.1, -0.05) is 28.1 Å².